The van der Waals surface area contributed by atoms with Gasteiger partial charge in [0.2, 0.25) is 0 Å². The molecule has 0 atom stereocenters. The van der Waals surface area contributed by atoms with E-state index in [1.807, 2.05) is 11.7 Å². The quantitative estimate of drug-likeness (QED) is 0.450. The predicted molar refractivity (Wildman–Crippen MR) is 45.9 cm³/mol. The van der Waals surface area contributed by atoms with Gasteiger partial charge in [-0.3, -0.25) is 0 Å². The summed E-state index contributed by atoms with van der Waals surface area (Å²) in [5, 5.41) is 8.25. The standard InChI is InChI=1S/C2H6O.CH3I.CH3O.CH2O/c1-3-2;3*1-2/h1-2H3;2*1H3;1H2/q;;-1;/i2*1-1;;1-1. The summed E-state index contributed by atoms with van der Waals surface area (Å²) in [6, 6.07) is 0. The molecule has 0 aliphatic rings. The van der Waals surface area contributed by atoms with E-state index in [4.69, 9.17) is 9.90 Å². The average molecular weight is 246 g/mol. The van der Waals surface area contributed by atoms with Crippen LogP contribution < -0.4 is 5.11 Å². The molecule has 0 radical (unpaired) electrons. The molecule has 0 bridgehead atoms. The molecule has 0 N–H and O–H groups in total. The number of carbonyl (C=O) groups excluding carboxylic acids is 1. The lowest BCUT2D eigenvalue weighted by molar-refractivity contribution is -0.325. The fraction of sp³-hybridized carbons (Fsp3) is 0.800. The van der Waals surface area contributed by atoms with Gasteiger partial charge in [0.15, 0.2) is 0 Å². The summed E-state index contributed by atoms with van der Waals surface area (Å²) in [5.41, 5.74) is 0. The van der Waals surface area contributed by atoms with Gasteiger partial charge >= 0.3 is 0 Å². The fourth-order valence-electron chi connectivity index (χ4n) is 0. The molecule has 9 heavy (non-hydrogen) atoms. The van der Waals surface area contributed by atoms with Gasteiger partial charge in [0.25, 0.3) is 0 Å². The van der Waals surface area contributed by atoms with Crippen LogP contribution in [0.4, 0.5) is 0 Å². The lowest BCUT2D eigenvalue weighted by atomic mass is 10.8. The molecule has 0 saturated carbocycles. The molecule has 0 unspecified atom stereocenters. The zero-order valence-electron chi connectivity index (χ0n) is 6.31. The third-order valence-electron chi connectivity index (χ3n) is 0. The highest BCUT2D eigenvalue weighted by atomic mass is 127. The van der Waals surface area contributed by atoms with E-state index in [1.54, 1.807) is 14.2 Å². The molecule has 0 aromatic carbocycles. The number of hydrogen-bond donors (Lipinski definition) is 0. The molecule has 0 heterocycles. The Morgan fingerprint density at radius 1 is 1.22 bits per heavy atom. The normalized spacial score (nSPS) is 3.78. The summed E-state index contributed by atoms with van der Waals surface area (Å²) in [7, 11) is 4.00. The topological polar surface area (TPSA) is 49.4 Å². The molecular formula is C5H14IO3-. The lowest BCUT2D eigenvalue weighted by Crippen LogP contribution is -1.81. The van der Waals surface area contributed by atoms with E-state index >= 15 is 0 Å². The van der Waals surface area contributed by atoms with Crippen LogP contribution in [-0.4, -0.2) is 33.0 Å². The van der Waals surface area contributed by atoms with Gasteiger partial charge in [0.05, 0.1) is 0 Å². The summed E-state index contributed by atoms with van der Waals surface area (Å²) in [4.78, 5) is 9.97. The van der Waals surface area contributed by atoms with Crippen molar-refractivity contribution in [3.8, 4) is 0 Å². The van der Waals surface area contributed by atoms with E-state index in [0.717, 1.165) is 7.11 Å². The zero-order chi connectivity index (χ0) is 8.71. The van der Waals surface area contributed by atoms with Crippen molar-refractivity contribution < 1.29 is 14.6 Å². The summed E-state index contributed by atoms with van der Waals surface area (Å²) < 4.78 is 4.25. The van der Waals surface area contributed by atoms with Crippen molar-refractivity contribution in [3.05, 3.63) is 0 Å². The molecule has 0 aliphatic heterocycles. The first-order valence-electron chi connectivity index (χ1n) is 1.89. The van der Waals surface area contributed by atoms with Crippen LogP contribution in [0.15, 0.2) is 0 Å². The molecule has 0 aliphatic carbocycles. The van der Waals surface area contributed by atoms with Crippen LogP contribution in [0.1, 0.15) is 0 Å². The Labute approximate surface area is 70.5 Å². The van der Waals surface area contributed by atoms with Crippen LogP contribution in [0, 0.1) is 0 Å². The zero-order valence-corrected chi connectivity index (χ0v) is 8.47. The van der Waals surface area contributed by atoms with Crippen LogP contribution in [-0.2, 0) is 9.53 Å². The second kappa shape index (κ2) is 256. The Morgan fingerprint density at radius 3 is 1.22 bits per heavy atom. The molecule has 0 aromatic heterocycles. The van der Waals surface area contributed by atoms with E-state index in [9.17, 15) is 0 Å². The first-order chi connectivity index (χ1) is 4.41. The van der Waals surface area contributed by atoms with E-state index in [0.29, 0.717) is 0 Å². The Hall–Kier alpha value is 0.320. The number of carbonyl (C=O) groups is 1. The second-order valence-corrected chi connectivity index (χ2v) is 0.408. The molecule has 0 aromatic rings. The maximum Gasteiger partial charge on any atom is 0.106 e. The van der Waals surface area contributed by atoms with Gasteiger partial charge in [-0.15, -0.1) is 0 Å². The predicted octanol–water partition coefficient (Wildman–Crippen LogP) is 0.105. The molecule has 0 fully saturated rings. The van der Waals surface area contributed by atoms with Crippen molar-refractivity contribution >= 4 is 29.4 Å². The smallest absolute Gasteiger partial charge is 0.106 e. The van der Waals surface area contributed by atoms with Crippen molar-refractivity contribution in [1.29, 1.82) is 0 Å². The summed E-state index contributed by atoms with van der Waals surface area (Å²) in [5.74, 6) is 0. The number of hydrogen-bond acceptors (Lipinski definition) is 3. The summed E-state index contributed by atoms with van der Waals surface area (Å²) in [6.07, 6.45) is 0. The van der Waals surface area contributed by atoms with Crippen molar-refractivity contribution in [3.63, 3.8) is 0 Å². The van der Waals surface area contributed by atoms with Crippen LogP contribution in [0.2, 0.25) is 0 Å². The van der Waals surface area contributed by atoms with Gasteiger partial charge in [0.1, 0.15) is 6.79 Å². The Morgan fingerprint density at radius 2 is 1.22 bits per heavy atom. The third kappa shape index (κ3) is 3250. The first-order valence-corrected chi connectivity index (χ1v) is 4.05. The molecule has 4 heteroatoms. The van der Waals surface area contributed by atoms with Crippen molar-refractivity contribution in [2.24, 2.45) is 0 Å². The molecule has 60 valence electrons. The maximum absolute atomic E-state index is 8.25. The number of halogens is 1. The van der Waals surface area contributed by atoms with Crippen LogP contribution in [0.3, 0.4) is 0 Å². The monoisotopic (exact) mass is 246 g/mol. The van der Waals surface area contributed by atoms with E-state index in [2.05, 4.69) is 27.3 Å². The number of rotatable bonds is 0. The number of methoxy groups -OCH3 is 1. The van der Waals surface area contributed by atoms with Gasteiger partial charge in [-0.05, 0) is 4.93 Å². The largest absolute Gasteiger partial charge is 0.857 e. The molecule has 3 nitrogen and oxygen atoms in total. The maximum atomic E-state index is 8.25. The fourth-order valence-corrected chi connectivity index (χ4v) is 0. The highest BCUT2D eigenvalue weighted by molar-refractivity contribution is 14.1. The Balaban J connectivity index is -0.0000000190. The molecule has 0 amide bonds. The number of alkyl halides is 1. The minimum atomic E-state index is 0.750. The molecular weight excluding hydrogens is 232 g/mol. The minimum absolute atomic E-state index is 0.750. The summed E-state index contributed by atoms with van der Waals surface area (Å²) >= 11 is 2.15. The van der Waals surface area contributed by atoms with Crippen molar-refractivity contribution in [2.45, 2.75) is 0 Å². The van der Waals surface area contributed by atoms with E-state index in [-0.39, 0.29) is 0 Å². The van der Waals surface area contributed by atoms with E-state index in [1.165, 1.54) is 0 Å². The van der Waals surface area contributed by atoms with Crippen LogP contribution in [0.5, 0.6) is 0 Å². The van der Waals surface area contributed by atoms with Gasteiger partial charge in [-0.1, -0.05) is 22.6 Å². The van der Waals surface area contributed by atoms with Crippen LogP contribution >= 0.6 is 22.6 Å². The van der Waals surface area contributed by atoms with Gasteiger partial charge in [-0.25, -0.2) is 0 Å². The first kappa shape index (κ1) is 22.8. The third-order valence-corrected chi connectivity index (χ3v) is 0. The van der Waals surface area contributed by atoms with Gasteiger partial charge < -0.3 is 14.6 Å². The summed E-state index contributed by atoms with van der Waals surface area (Å²) in [6.45, 7) is 2.00. The molecule has 0 rings (SSSR count). The van der Waals surface area contributed by atoms with Gasteiger partial charge in [0, 0.05) is 14.2 Å². The Bertz CT molecular complexity index is 16.2. The molecule has 0 spiro atoms. The SMILES string of the molecule is CO[11CH3].C[O-].[11CH2]=O.[11CH3]I. The minimum Gasteiger partial charge on any atom is -0.857 e. The highest BCUT2D eigenvalue weighted by Gasteiger charge is 1.25. The van der Waals surface area contributed by atoms with Crippen molar-refractivity contribution in [1.82, 2.24) is 0 Å². The van der Waals surface area contributed by atoms with Gasteiger partial charge in [-0.2, -0.15) is 7.11 Å². The van der Waals surface area contributed by atoms with Crippen molar-refractivity contribution in [2.75, 3.05) is 26.3 Å². The lowest BCUT2D eigenvalue weighted by Gasteiger charge is -1.61. The van der Waals surface area contributed by atoms with Crippen LogP contribution in [0.25, 0.3) is 0 Å². The molecule has 0 saturated heterocycles. The average Bonchev–Trinajstić information content (AvgIpc) is 2.01. The van der Waals surface area contributed by atoms with E-state index < -0.39 is 0 Å². The second-order valence-electron chi connectivity index (χ2n) is 0.408. The number of ether oxygens (including phenoxy) is 1. The highest BCUT2D eigenvalue weighted by Crippen LogP contribution is 1.48. The Kier molecular flexibility index (Phi) is 648.